The van der Waals surface area contributed by atoms with Crippen molar-refractivity contribution in [2.45, 2.75) is 44.0 Å². The number of nitrogens with zero attached hydrogens (tertiary/aromatic N) is 1. The van der Waals surface area contributed by atoms with E-state index in [2.05, 4.69) is 18.4 Å². The summed E-state index contributed by atoms with van der Waals surface area (Å²) in [5.74, 6) is 1.10. The maximum Gasteiger partial charge on any atom is 0.310 e. The van der Waals surface area contributed by atoms with Crippen LogP contribution in [-0.4, -0.2) is 61.5 Å². The number of hydrogen-bond acceptors (Lipinski definition) is 5. The Labute approximate surface area is 143 Å². The van der Waals surface area contributed by atoms with Crippen LogP contribution in [0.5, 0.6) is 0 Å². The standard InChI is InChI=1S/C19H27NO4/c1-11-3-4-12-14(10-20-5-7-22-8-6-20)18(21)23-17(12)16-13(11)9-15-19(16,2)24-15/h12-17H,1,3-10H2,2H3/t12-,13-,14-,15+,16-,17-,19+/m0/s1. The van der Waals surface area contributed by atoms with Gasteiger partial charge in [-0.1, -0.05) is 12.2 Å². The predicted octanol–water partition coefficient (Wildman–Crippen LogP) is 1.62. The van der Waals surface area contributed by atoms with E-state index in [0.717, 1.165) is 52.1 Å². The second-order valence-electron chi connectivity index (χ2n) is 8.44. The van der Waals surface area contributed by atoms with Gasteiger partial charge < -0.3 is 14.2 Å². The number of ether oxygens (including phenoxy) is 3. The molecule has 7 atom stereocenters. The number of carbonyl (C=O) groups excluding carboxylic acids is 1. The molecule has 2 aliphatic carbocycles. The van der Waals surface area contributed by atoms with Crippen LogP contribution in [0.4, 0.5) is 0 Å². The lowest BCUT2D eigenvalue weighted by atomic mass is 9.77. The summed E-state index contributed by atoms with van der Waals surface area (Å²) in [6.07, 6.45) is 3.49. The van der Waals surface area contributed by atoms with Gasteiger partial charge in [0, 0.05) is 31.5 Å². The number of allylic oxidation sites excluding steroid dienone is 1. The number of hydrogen-bond donors (Lipinski definition) is 0. The van der Waals surface area contributed by atoms with Crippen LogP contribution in [0.2, 0.25) is 0 Å². The van der Waals surface area contributed by atoms with E-state index < -0.39 is 0 Å². The Morgan fingerprint density at radius 3 is 2.92 bits per heavy atom. The van der Waals surface area contributed by atoms with Gasteiger partial charge in [0.15, 0.2) is 0 Å². The van der Waals surface area contributed by atoms with Crippen LogP contribution < -0.4 is 0 Å². The largest absolute Gasteiger partial charge is 0.461 e. The molecule has 0 unspecified atom stereocenters. The molecular formula is C19H27NO4. The lowest BCUT2D eigenvalue weighted by Crippen LogP contribution is -2.43. The zero-order chi connectivity index (χ0) is 16.5. The van der Waals surface area contributed by atoms with Crippen LogP contribution in [0.25, 0.3) is 0 Å². The van der Waals surface area contributed by atoms with E-state index in [1.165, 1.54) is 5.57 Å². The van der Waals surface area contributed by atoms with Crippen molar-refractivity contribution >= 4 is 5.97 Å². The molecular weight excluding hydrogens is 306 g/mol. The Morgan fingerprint density at radius 1 is 1.33 bits per heavy atom. The quantitative estimate of drug-likeness (QED) is 0.437. The second-order valence-corrected chi connectivity index (χ2v) is 8.44. The number of carbonyl (C=O) groups is 1. The third-order valence-electron chi connectivity index (χ3n) is 7.27. The van der Waals surface area contributed by atoms with Crippen molar-refractivity contribution in [1.82, 2.24) is 4.90 Å². The van der Waals surface area contributed by atoms with Crippen molar-refractivity contribution in [1.29, 1.82) is 0 Å². The predicted molar refractivity (Wildman–Crippen MR) is 87.4 cm³/mol. The van der Waals surface area contributed by atoms with Crippen LogP contribution >= 0.6 is 0 Å². The Kier molecular flexibility index (Phi) is 3.39. The van der Waals surface area contributed by atoms with Crippen molar-refractivity contribution in [3.63, 3.8) is 0 Å². The average molecular weight is 333 g/mol. The topological polar surface area (TPSA) is 51.3 Å². The van der Waals surface area contributed by atoms with Crippen LogP contribution in [-0.2, 0) is 19.0 Å². The fourth-order valence-corrected chi connectivity index (χ4v) is 5.83. The van der Waals surface area contributed by atoms with Crippen molar-refractivity contribution in [2.75, 3.05) is 32.8 Å². The highest BCUT2D eigenvalue weighted by molar-refractivity contribution is 5.75. The first-order valence-corrected chi connectivity index (χ1v) is 9.44. The molecule has 0 radical (unpaired) electrons. The highest BCUT2D eigenvalue weighted by Crippen LogP contribution is 2.63. The summed E-state index contributed by atoms with van der Waals surface area (Å²) in [6, 6.07) is 0. The van der Waals surface area contributed by atoms with Crippen molar-refractivity contribution in [3.05, 3.63) is 12.2 Å². The molecule has 0 amide bonds. The monoisotopic (exact) mass is 333 g/mol. The maximum atomic E-state index is 12.7. The molecule has 3 saturated heterocycles. The van der Waals surface area contributed by atoms with E-state index in [4.69, 9.17) is 14.2 Å². The Morgan fingerprint density at radius 2 is 2.12 bits per heavy atom. The number of rotatable bonds is 2. The zero-order valence-electron chi connectivity index (χ0n) is 14.4. The number of morpholine rings is 1. The van der Waals surface area contributed by atoms with Crippen LogP contribution in [0.3, 0.4) is 0 Å². The second kappa shape index (κ2) is 5.29. The lowest BCUT2D eigenvalue weighted by Gasteiger charge is -2.32. The van der Waals surface area contributed by atoms with Gasteiger partial charge in [-0.2, -0.15) is 0 Å². The summed E-state index contributed by atoms with van der Waals surface area (Å²) in [4.78, 5) is 15.0. The van der Waals surface area contributed by atoms with E-state index >= 15 is 0 Å². The zero-order valence-corrected chi connectivity index (χ0v) is 14.4. The van der Waals surface area contributed by atoms with Crippen molar-refractivity contribution < 1.29 is 19.0 Å². The molecule has 3 aliphatic heterocycles. The molecule has 0 bridgehead atoms. The number of fused-ring (bicyclic) bond motifs is 5. The van der Waals surface area contributed by atoms with Gasteiger partial charge in [0.1, 0.15) is 6.10 Å². The molecule has 5 fully saturated rings. The molecule has 5 rings (SSSR count). The SMILES string of the molecule is C=C1CC[C@@H]2[C@H](OC(=O)[C@H]2CN2CCOCC2)[C@@H]2[C@H]1C[C@H]1O[C@@]21C. The minimum absolute atomic E-state index is 0.000972. The summed E-state index contributed by atoms with van der Waals surface area (Å²) < 4.78 is 17.4. The van der Waals surface area contributed by atoms with Gasteiger partial charge in [-0.3, -0.25) is 9.69 Å². The average Bonchev–Trinajstić information content (AvgIpc) is 3.05. The van der Waals surface area contributed by atoms with Crippen LogP contribution in [0.1, 0.15) is 26.2 Å². The molecule has 132 valence electrons. The fraction of sp³-hybridized carbons (Fsp3) is 0.842. The Balaban J connectivity index is 1.40. The summed E-state index contributed by atoms with van der Waals surface area (Å²) in [7, 11) is 0. The van der Waals surface area contributed by atoms with Gasteiger partial charge in [-0.25, -0.2) is 0 Å². The molecule has 24 heavy (non-hydrogen) atoms. The third-order valence-corrected chi connectivity index (χ3v) is 7.27. The van der Waals surface area contributed by atoms with Gasteiger partial charge in [-0.15, -0.1) is 0 Å². The molecule has 5 nitrogen and oxygen atoms in total. The first-order chi connectivity index (χ1) is 11.6. The van der Waals surface area contributed by atoms with Gasteiger partial charge in [0.25, 0.3) is 0 Å². The van der Waals surface area contributed by atoms with Gasteiger partial charge in [0.2, 0.25) is 0 Å². The first-order valence-electron chi connectivity index (χ1n) is 9.44. The molecule has 0 spiro atoms. The summed E-state index contributed by atoms with van der Waals surface area (Å²) in [5.41, 5.74) is 1.27. The molecule has 2 saturated carbocycles. The Bertz CT molecular complexity index is 572. The molecule has 5 aliphatic rings. The summed E-state index contributed by atoms with van der Waals surface area (Å²) in [5, 5.41) is 0. The molecule has 0 aromatic carbocycles. The van der Waals surface area contributed by atoms with Gasteiger partial charge >= 0.3 is 5.97 Å². The highest BCUT2D eigenvalue weighted by atomic mass is 16.6. The van der Waals surface area contributed by atoms with E-state index in [9.17, 15) is 4.79 Å². The van der Waals surface area contributed by atoms with E-state index in [1.54, 1.807) is 0 Å². The maximum absolute atomic E-state index is 12.7. The fourth-order valence-electron chi connectivity index (χ4n) is 5.83. The van der Waals surface area contributed by atoms with E-state index in [0.29, 0.717) is 23.9 Å². The van der Waals surface area contributed by atoms with Crippen LogP contribution in [0, 0.1) is 23.7 Å². The molecule has 5 heteroatoms. The normalized spacial score (nSPS) is 50.7. The van der Waals surface area contributed by atoms with Crippen molar-refractivity contribution in [2.24, 2.45) is 23.7 Å². The minimum atomic E-state index is -0.0883. The third kappa shape index (κ3) is 2.14. The molecule has 3 heterocycles. The Hall–Kier alpha value is -0.910. The molecule has 0 aromatic rings. The summed E-state index contributed by atoms with van der Waals surface area (Å²) >= 11 is 0. The van der Waals surface area contributed by atoms with Gasteiger partial charge in [-0.05, 0) is 32.1 Å². The highest BCUT2D eigenvalue weighted by Gasteiger charge is 2.71. The smallest absolute Gasteiger partial charge is 0.310 e. The molecule has 0 aromatic heterocycles. The van der Waals surface area contributed by atoms with Gasteiger partial charge in [0.05, 0.1) is 30.8 Å². The molecule has 0 N–H and O–H groups in total. The lowest BCUT2D eigenvalue weighted by molar-refractivity contribution is -0.148. The summed E-state index contributed by atoms with van der Waals surface area (Å²) in [6.45, 7) is 10.8. The number of epoxide rings is 1. The number of esters is 1. The van der Waals surface area contributed by atoms with Crippen LogP contribution in [0.15, 0.2) is 12.2 Å². The van der Waals surface area contributed by atoms with Crippen molar-refractivity contribution in [3.8, 4) is 0 Å². The first kappa shape index (κ1) is 15.4. The van der Waals surface area contributed by atoms with E-state index in [1.807, 2.05) is 0 Å². The minimum Gasteiger partial charge on any atom is -0.461 e. The van der Waals surface area contributed by atoms with E-state index in [-0.39, 0.29) is 23.6 Å².